The molecule has 0 bridgehead atoms. The van der Waals surface area contributed by atoms with Gasteiger partial charge in [-0.1, -0.05) is 28.1 Å². The highest BCUT2D eigenvalue weighted by Crippen LogP contribution is 2.27. The quantitative estimate of drug-likeness (QED) is 0.834. The van der Waals surface area contributed by atoms with Crippen LogP contribution in [0.4, 0.5) is 10.1 Å². The van der Waals surface area contributed by atoms with E-state index in [0.717, 1.165) is 0 Å². The number of nitrogens with one attached hydrogen (secondary N) is 1. The Kier molecular flexibility index (Phi) is 4.63. The lowest BCUT2D eigenvalue weighted by Crippen LogP contribution is -2.11. The summed E-state index contributed by atoms with van der Waals surface area (Å²) < 4.78 is 14.6. The second kappa shape index (κ2) is 6.26. The monoisotopic (exact) mass is 351 g/mol. The zero-order chi connectivity index (χ0) is 15.6. The van der Waals surface area contributed by atoms with Gasteiger partial charge in [0, 0.05) is 15.7 Å². The average molecular weight is 352 g/mol. The van der Waals surface area contributed by atoms with Crippen LogP contribution in [-0.2, 0) is 0 Å². The van der Waals surface area contributed by atoms with Gasteiger partial charge in [0.05, 0.1) is 11.6 Å². The normalized spacial score (nSPS) is 12.0. The lowest BCUT2D eigenvalue weighted by molar-refractivity contribution is 0.0696. The molecule has 0 fully saturated rings. The van der Waals surface area contributed by atoms with Crippen LogP contribution in [0.5, 0.6) is 0 Å². The van der Waals surface area contributed by atoms with E-state index < -0.39 is 5.97 Å². The Morgan fingerprint density at radius 2 is 2.05 bits per heavy atom. The number of carboxylic acids is 1. The van der Waals surface area contributed by atoms with E-state index in [9.17, 15) is 9.18 Å². The number of benzene rings is 2. The third-order valence-corrected chi connectivity index (χ3v) is 3.86. The molecular formula is C16H15BrFNO2. The molecule has 2 rings (SSSR count). The number of aromatic carboxylic acids is 1. The first-order valence-electron chi connectivity index (χ1n) is 6.44. The van der Waals surface area contributed by atoms with Gasteiger partial charge in [-0.2, -0.15) is 0 Å². The topological polar surface area (TPSA) is 49.3 Å². The number of hydrogen-bond donors (Lipinski definition) is 2. The summed E-state index contributed by atoms with van der Waals surface area (Å²) in [6.45, 7) is 3.57. The summed E-state index contributed by atoms with van der Waals surface area (Å²) in [6.07, 6.45) is 0. The summed E-state index contributed by atoms with van der Waals surface area (Å²) in [5.41, 5.74) is 2.08. The molecule has 2 aromatic carbocycles. The first-order valence-corrected chi connectivity index (χ1v) is 7.24. The van der Waals surface area contributed by atoms with E-state index in [1.165, 1.54) is 6.07 Å². The Morgan fingerprint density at radius 3 is 2.67 bits per heavy atom. The first kappa shape index (κ1) is 15.5. The molecule has 5 heteroatoms. The van der Waals surface area contributed by atoms with Crippen LogP contribution in [0.15, 0.2) is 40.9 Å². The predicted molar refractivity (Wildman–Crippen MR) is 84.3 cm³/mol. The molecule has 1 unspecified atom stereocenters. The fraction of sp³-hybridized carbons (Fsp3) is 0.188. The second-order valence-electron chi connectivity index (χ2n) is 4.82. The van der Waals surface area contributed by atoms with E-state index >= 15 is 0 Å². The van der Waals surface area contributed by atoms with E-state index in [0.29, 0.717) is 21.3 Å². The molecule has 0 aliphatic carbocycles. The zero-order valence-corrected chi connectivity index (χ0v) is 13.2. The molecular weight excluding hydrogens is 337 g/mol. The van der Waals surface area contributed by atoms with Gasteiger partial charge in [0.15, 0.2) is 0 Å². The molecule has 0 radical (unpaired) electrons. The van der Waals surface area contributed by atoms with E-state index in [2.05, 4.69) is 21.2 Å². The van der Waals surface area contributed by atoms with Gasteiger partial charge in [-0.3, -0.25) is 0 Å². The summed E-state index contributed by atoms with van der Waals surface area (Å²) in [7, 11) is 0. The van der Waals surface area contributed by atoms with Crippen LogP contribution in [0.25, 0.3) is 0 Å². The van der Waals surface area contributed by atoms with Crippen molar-refractivity contribution in [3.8, 4) is 0 Å². The maximum Gasteiger partial charge on any atom is 0.336 e. The number of hydrogen-bond acceptors (Lipinski definition) is 2. The number of rotatable bonds is 4. The molecule has 0 spiro atoms. The van der Waals surface area contributed by atoms with Crippen LogP contribution in [0.2, 0.25) is 0 Å². The van der Waals surface area contributed by atoms with Crippen molar-refractivity contribution in [1.82, 2.24) is 0 Å². The lowest BCUT2D eigenvalue weighted by atomic mass is 10.0. The van der Waals surface area contributed by atoms with Gasteiger partial charge in [0.1, 0.15) is 5.82 Å². The maximum atomic E-state index is 13.9. The van der Waals surface area contributed by atoms with Crippen molar-refractivity contribution in [3.63, 3.8) is 0 Å². The Labute approximate surface area is 130 Å². The standard InChI is InChI=1S/C16H15BrFNO2/c1-9-12(16(20)21)4-3-5-15(9)19-10(2)13-7-6-11(17)8-14(13)18/h3-8,10,19H,1-2H3,(H,20,21). The van der Waals surface area contributed by atoms with Crippen molar-refractivity contribution < 1.29 is 14.3 Å². The van der Waals surface area contributed by atoms with E-state index in [1.54, 1.807) is 37.3 Å². The number of halogens is 2. The Bertz CT molecular complexity index is 688. The van der Waals surface area contributed by atoms with Crippen molar-refractivity contribution in [3.05, 3.63) is 63.4 Å². The van der Waals surface area contributed by atoms with Gasteiger partial charge in [0.25, 0.3) is 0 Å². The van der Waals surface area contributed by atoms with E-state index in [4.69, 9.17) is 5.11 Å². The molecule has 0 amide bonds. The first-order chi connectivity index (χ1) is 9.90. The van der Waals surface area contributed by atoms with Gasteiger partial charge < -0.3 is 10.4 Å². The van der Waals surface area contributed by atoms with Crippen LogP contribution >= 0.6 is 15.9 Å². The van der Waals surface area contributed by atoms with Crippen LogP contribution in [0.3, 0.4) is 0 Å². The minimum Gasteiger partial charge on any atom is -0.478 e. The largest absolute Gasteiger partial charge is 0.478 e. The molecule has 0 saturated carbocycles. The maximum absolute atomic E-state index is 13.9. The minimum absolute atomic E-state index is 0.239. The summed E-state index contributed by atoms with van der Waals surface area (Å²) in [5, 5.41) is 12.3. The van der Waals surface area contributed by atoms with Gasteiger partial charge >= 0.3 is 5.97 Å². The van der Waals surface area contributed by atoms with Gasteiger partial charge in [-0.05, 0) is 43.7 Å². The average Bonchev–Trinajstić information content (AvgIpc) is 2.40. The molecule has 2 aromatic rings. The van der Waals surface area contributed by atoms with E-state index in [1.807, 2.05) is 6.92 Å². The minimum atomic E-state index is -0.973. The van der Waals surface area contributed by atoms with Gasteiger partial charge in [0.2, 0.25) is 0 Å². The SMILES string of the molecule is Cc1c(NC(C)c2ccc(Br)cc2F)cccc1C(=O)O. The smallest absolute Gasteiger partial charge is 0.336 e. The van der Waals surface area contributed by atoms with Crippen molar-refractivity contribution in [2.45, 2.75) is 19.9 Å². The molecule has 0 aliphatic rings. The fourth-order valence-electron chi connectivity index (χ4n) is 2.19. The van der Waals surface area contributed by atoms with Crippen molar-refractivity contribution in [1.29, 1.82) is 0 Å². The van der Waals surface area contributed by atoms with Crippen molar-refractivity contribution >= 4 is 27.6 Å². The number of anilines is 1. The lowest BCUT2D eigenvalue weighted by Gasteiger charge is -2.19. The molecule has 1 atom stereocenters. The van der Waals surface area contributed by atoms with Crippen LogP contribution in [0.1, 0.15) is 34.5 Å². The summed E-state index contributed by atoms with van der Waals surface area (Å²) in [4.78, 5) is 11.1. The highest BCUT2D eigenvalue weighted by molar-refractivity contribution is 9.10. The van der Waals surface area contributed by atoms with Crippen molar-refractivity contribution in [2.75, 3.05) is 5.32 Å². The van der Waals surface area contributed by atoms with Gasteiger partial charge in [-0.25, -0.2) is 9.18 Å². The van der Waals surface area contributed by atoms with Gasteiger partial charge in [-0.15, -0.1) is 0 Å². The molecule has 0 saturated heterocycles. The number of carbonyl (C=O) groups is 1. The summed E-state index contributed by atoms with van der Waals surface area (Å²) in [5.74, 6) is -1.28. The predicted octanol–water partition coefficient (Wildman–Crippen LogP) is 4.77. The fourth-order valence-corrected chi connectivity index (χ4v) is 2.52. The van der Waals surface area contributed by atoms with Crippen LogP contribution in [0, 0.1) is 12.7 Å². The van der Waals surface area contributed by atoms with Crippen LogP contribution in [-0.4, -0.2) is 11.1 Å². The highest BCUT2D eigenvalue weighted by Gasteiger charge is 2.14. The molecule has 2 N–H and O–H groups in total. The third-order valence-electron chi connectivity index (χ3n) is 3.37. The van der Waals surface area contributed by atoms with Crippen molar-refractivity contribution in [2.24, 2.45) is 0 Å². The molecule has 110 valence electrons. The molecule has 21 heavy (non-hydrogen) atoms. The molecule has 0 aliphatic heterocycles. The molecule has 3 nitrogen and oxygen atoms in total. The number of carboxylic acid groups (broad SMARTS) is 1. The molecule has 0 heterocycles. The molecule has 0 aromatic heterocycles. The zero-order valence-electron chi connectivity index (χ0n) is 11.7. The summed E-state index contributed by atoms with van der Waals surface area (Å²) >= 11 is 3.22. The highest BCUT2D eigenvalue weighted by atomic mass is 79.9. The summed E-state index contributed by atoms with van der Waals surface area (Å²) in [6, 6.07) is 9.62. The third kappa shape index (κ3) is 3.42. The van der Waals surface area contributed by atoms with Crippen LogP contribution < -0.4 is 5.32 Å². The Morgan fingerprint density at radius 1 is 1.33 bits per heavy atom. The Balaban J connectivity index is 2.29. The Hall–Kier alpha value is -1.88. The van der Waals surface area contributed by atoms with E-state index in [-0.39, 0.29) is 17.4 Å². The second-order valence-corrected chi connectivity index (χ2v) is 5.73.